The molecule has 1 aromatic rings. The first-order chi connectivity index (χ1) is 15.6. The highest BCUT2D eigenvalue weighted by atomic mass is 16.6. The van der Waals surface area contributed by atoms with Crippen LogP contribution >= 0.6 is 0 Å². The van der Waals surface area contributed by atoms with Crippen LogP contribution in [0.3, 0.4) is 0 Å². The Labute approximate surface area is 199 Å². The summed E-state index contributed by atoms with van der Waals surface area (Å²) in [6.07, 6.45) is 4.77. The second-order valence-electron chi connectivity index (χ2n) is 10.4. The first-order valence-corrected chi connectivity index (χ1v) is 12.1. The Morgan fingerprint density at radius 3 is 2.03 bits per heavy atom. The molecular weight excluding hydrogens is 424 g/mol. The molecular formula is C24H46N4O5. The molecule has 0 aromatic carbocycles. The lowest BCUT2D eigenvalue weighted by atomic mass is 9.93. The van der Waals surface area contributed by atoms with Gasteiger partial charge in [0, 0.05) is 25.1 Å². The monoisotopic (exact) mass is 470 g/mol. The second kappa shape index (κ2) is 16.1. The molecule has 0 spiro atoms. The van der Waals surface area contributed by atoms with Crippen molar-refractivity contribution in [3.8, 4) is 0 Å². The summed E-state index contributed by atoms with van der Waals surface area (Å²) in [5, 5.41) is 11.2. The fourth-order valence-corrected chi connectivity index (χ4v) is 2.59. The summed E-state index contributed by atoms with van der Waals surface area (Å²) in [4.78, 5) is 11.8. The molecule has 9 nitrogen and oxygen atoms in total. The second-order valence-corrected chi connectivity index (χ2v) is 10.4. The van der Waals surface area contributed by atoms with Gasteiger partial charge >= 0.3 is 0 Å². The number of aromatic nitrogens is 3. The van der Waals surface area contributed by atoms with Crippen LogP contribution < -0.4 is 5.32 Å². The van der Waals surface area contributed by atoms with Crippen molar-refractivity contribution < 1.29 is 23.7 Å². The average molecular weight is 471 g/mol. The van der Waals surface area contributed by atoms with Crippen molar-refractivity contribution in [2.24, 2.45) is 10.8 Å². The van der Waals surface area contributed by atoms with Crippen molar-refractivity contribution in [3.63, 3.8) is 0 Å². The minimum absolute atomic E-state index is 0.0795. The van der Waals surface area contributed by atoms with E-state index in [1.165, 1.54) is 0 Å². The van der Waals surface area contributed by atoms with E-state index in [4.69, 9.17) is 18.9 Å². The van der Waals surface area contributed by atoms with E-state index in [2.05, 4.69) is 36.4 Å². The zero-order chi connectivity index (χ0) is 24.6. The summed E-state index contributed by atoms with van der Waals surface area (Å²) in [5.41, 5.74) is 0.756. The van der Waals surface area contributed by atoms with E-state index in [0.29, 0.717) is 58.2 Å². The quantitative estimate of drug-likeness (QED) is 0.329. The van der Waals surface area contributed by atoms with Gasteiger partial charge in [0.2, 0.25) is 5.91 Å². The molecule has 0 bridgehead atoms. The maximum absolute atomic E-state index is 11.8. The number of aryl methyl sites for hydroxylation is 1. The van der Waals surface area contributed by atoms with E-state index in [0.717, 1.165) is 38.1 Å². The lowest BCUT2D eigenvalue weighted by Gasteiger charge is -2.17. The Balaban J connectivity index is 1.92. The smallest absolute Gasteiger partial charge is 0.225 e. The van der Waals surface area contributed by atoms with Crippen LogP contribution in [0.15, 0.2) is 6.20 Å². The summed E-state index contributed by atoms with van der Waals surface area (Å²) in [6.45, 7) is 18.3. The van der Waals surface area contributed by atoms with Gasteiger partial charge in [-0.3, -0.25) is 9.48 Å². The van der Waals surface area contributed by atoms with Gasteiger partial charge in [-0.25, -0.2) is 0 Å². The third-order valence-electron chi connectivity index (χ3n) is 4.73. The summed E-state index contributed by atoms with van der Waals surface area (Å²) >= 11 is 0. The van der Waals surface area contributed by atoms with Crippen LogP contribution in [0.25, 0.3) is 0 Å². The molecule has 192 valence electrons. The maximum Gasteiger partial charge on any atom is 0.225 e. The van der Waals surface area contributed by atoms with Crippen molar-refractivity contribution in [2.45, 2.75) is 74.0 Å². The topological polar surface area (TPSA) is 96.7 Å². The molecule has 1 rings (SSSR count). The highest BCUT2D eigenvalue weighted by Gasteiger charge is 2.20. The summed E-state index contributed by atoms with van der Waals surface area (Å²) < 4.78 is 23.9. The minimum atomic E-state index is -0.347. The first-order valence-electron chi connectivity index (χ1n) is 12.1. The normalized spacial score (nSPS) is 12.3. The van der Waals surface area contributed by atoms with Crippen molar-refractivity contribution in [1.82, 2.24) is 20.3 Å². The number of amides is 1. The molecule has 1 amide bonds. The van der Waals surface area contributed by atoms with Gasteiger partial charge in [0.05, 0.1) is 52.4 Å². The number of hydrogen-bond donors (Lipinski definition) is 1. The van der Waals surface area contributed by atoms with Crippen LogP contribution in [0.4, 0.5) is 0 Å². The number of unbranched alkanes of at least 4 members (excludes halogenated alkanes) is 1. The number of nitrogens with zero attached hydrogens (tertiary/aromatic N) is 3. The zero-order valence-corrected chi connectivity index (χ0v) is 21.7. The molecule has 0 unspecified atom stereocenters. The minimum Gasteiger partial charge on any atom is -0.379 e. The molecule has 0 radical (unpaired) electrons. The molecule has 0 aliphatic heterocycles. The molecule has 0 aliphatic carbocycles. The SMILES string of the molecule is CC(C)(C)CCOCCOCCOCCOCc1cn(CCCCNC(=O)C(C)(C)C)nn1. The van der Waals surface area contributed by atoms with Crippen LogP contribution in [0.1, 0.15) is 66.5 Å². The Hall–Kier alpha value is -1.55. The highest BCUT2D eigenvalue weighted by Crippen LogP contribution is 2.17. The Morgan fingerprint density at radius 2 is 1.45 bits per heavy atom. The van der Waals surface area contributed by atoms with Gasteiger partial charge in [-0.2, -0.15) is 0 Å². The molecule has 1 heterocycles. The Kier molecular flexibility index (Phi) is 14.4. The molecule has 9 heteroatoms. The third-order valence-corrected chi connectivity index (χ3v) is 4.73. The number of hydrogen-bond acceptors (Lipinski definition) is 7. The molecule has 33 heavy (non-hydrogen) atoms. The number of rotatable bonds is 18. The lowest BCUT2D eigenvalue weighted by Crippen LogP contribution is -2.35. The molecule has 1 N–H and O–H groups in total. The Morgan fingerprint density at radius 1 is 0.879 bits per heavy atom. The number of carbonyl (C=O) groups excluding carboxylic acids is 1. The van der Waals surface area contributed by atoms with Gasteiger partial charge in [-0.05, 0) is 24.7 Å². The van der Waals surface area contributed by atoms with Gasteiger partial charge in [-0.1, -0.05) is 46.8 Å². The first kappa shape index (κ1) is 29.5. The van der Waals surface area contributed by atoms with Crippen molar-refractivity contribution >= 4 is 5.91 Å². The Bertz CT molecular complexity index is 638. The molecule has 0 fully saturated rings. The summed E-state index contributed by atoms with van der Waals surface area (Å²) in [6, 6.07) is 0. The largest absolute Gasteiger partial charge is 0.379 e. The fourth-order valence-electron chi connectivity index (χ4n) is 2.59. The number of carbonyl (C=O) groups is 1. The van der Waals surface area contributed by atoms with Crippen LogP contribution in [0, 0.1) is 10.8 Å². The maximum atomic E-state index is 11.8. The van der Waals surface area contributed by atoms with Gasteiger partial charge in [-0.15, -0.1) is 5.10 Å². The highest BCUT2D eigenvalue weighted by molar-refractivity contribution is 5.81. The number of ether oxygens (including phenoxy) is 4. The van der Waals surface area contributed by atoms with Crippen LogP contribution in [-0.4, -0.2) is 73.7 Å². The van der Waals surface area contributed by atoms with E-state index >= 15 is 0 Å². The fraction of sp³-hybridized carbons (Fsp3) is 0.875. The standard InChI is InChI=1S/C24H46N4O5/c1-23(2,3)9-12-30-13-14-31-15-16-32-17-18-33-20-21-19-28(27-26-21)11-8-7-10-25-22(29)24(4,5)6/h19H,7-18,20H2,1-6H3,(H,25,29). The molecule has 1 aromatic heterocycles. The number of nitrogens with one attached hydrogen (secondary N) is 1. The van der Waals surface area contributed by atoms with E-state index in [9.17, 15) is 4.79 Å². The van der Waals surface area contributed by atoms with Crippen molar-refractivity contribution in [2.75, 3.05) is 52.8 Å². The van der Waals surface area contributed by atoms with Gasteiger partial charge in [0.1, 0.15) is 5.69 Å². The van der Waals surface area contributed by atoms with Crippen molar-refractivity contribution in [1.29, 1.82) is 0 Å². The molecule has 0 aliphatic rings. The van der Waals surface area contributed by atoms with E-state index in [1.54, 1.807) is 0 Å². The predicted octanol–water partition coefficient (Wildman–Crippen LogP) is 3.22. The van der Waals surface area contributed by atoms with Crippen LogP contribution in [-0.2, 0) is 36.9 Å². The lowest BCUT2D eigenvalue weighted by molar-refractivity contribution is -0.128. The summed E-state index contributed by atoms with van der Waals surface area (Å²) in [5.74, 6) is 0.0795. The van der Waals surface area contributed by atoms with Gasteiger partial charge in [0.25, 0.3) is 0 Å². The van der Waals surface area contributed by atoms with Gasteiger partial charge < -0.3 is 24.3 Å². The molecule has 0 atom stereocenters. The molecule has 0 saturated heterocycles. The van der Waals surface area contributed by atoms with Crippen molar-refractivity contribution in [3.05, 3.63) is 11.9 Å². The third kappa shape index (κ3) is 16.7. The van der Waals surface area contributed by atoms with E-state index in [1.807, 2.05) is 31.6 Å². The summed E-state index contributed by atoms with van der Waals surface area (Å²) in [7, 11) is 0. The van der Waals surface area contributed by atoms with E-state index in [-0.39, 0.29) is 11.3 Å². The molecule has 0 saturated carbocycles. The van der Waals surface area contributed by atoms with E-state index < -0.39 is 0 Å². The predicted molar refractivity (Wildman–Crippen MR) is 128 cm³/mol. The average Bonchev–Trinajstić information content (AvgIpc) is 3.17. The zero-order valence-electron chi connectivity index (χ0n) is 21.7. The van der Waals surface area contributed by atoms with Crippen LogP contribution in [0.2, 0.25) is 0 Å². The van der Waals surface area contributed by atoms with Gasteiger partial charge in [0.15, 0.2) is 0 Å². The van der Waals surface area contributed by atoms with Crippen LogP contribution in [0.5, 0.6) is 0 Å².